The predicted molar refractivity (Wildman–Crippen MR) is 114 cm³/mol. The van der Waals surface area contributed by atoms with Crippen molar-refractivity contribution in [3.8, 4) is 11.5 Å². The summed E-state index contributed by atoms with van der Waals surface area (Å²) in [4.78, 5) is 15.6. The Balaban J connectivity index is 1.41. The number of methoxy groups -OCH3 is 1. The van der Waals surface area contributed by atoms with Gasteiger partial charge in [0.2, 0.25) is 5.91 Å². The minimum atomic E-state index is -0.567. The Hall–Kier alpha value is -2.77. The molecule has 0 aromatic heterocycles. The first kappa shape index (κ1) is 21.0. The van der Waals surface area contributed by atoms with Gasteiger partial charge >= 0.3 is 0 Å². The molecule has 2 N–H and O–H groups in total. The van der Waals surface area contributed by atoms with E-state index in [0.717, 1.165) is 43.3 Å². The molecular weight excluding hydrogens is 370 g/mol. The number of hydrogen-bond donors (Lipinski definition) is 2. The lowest BCUT2D eigenvalue weighted by atomic mass is 10.2. The fourth-order valence-corrected chi connectivity index (χ4v) is 3.44. The minimum Gasteiger partial charge on any atom is -0.495 e. The van der Waals surface area contributed by atoms with Crippen molar-refractivity contribution in [1.29, 1.82) is 0 Å². The number of anilines is 2. The van der Waals surface area contributed by atoms with Gasteiger partial charge in [-0.25, -0.2) is 0 Å². The Morgan fingerprint density at radius 1 is 1.10 bits per heavy atom. The zero-order valence-corrected chi connectivity index (χ0v) is 17.0. The fraction of sp³-hybridized carbons (Fsp3) is 0.409. The molecule has 0 unspecified atom stereocenters. The topological polar surface area (TPSA) is 74.3 Å². The third kappa shape index (κ3) is 6.10. The number of ether oxygens (including phenoxy) is 2. The van der Waals surface area contributed by atoms with Crippen LogP contribution in [0.1, 0.15) is 6.92 Å². The van der Waals surface area contributed by atoms with E-state index < -0.39 is 6.10 Å². The molecule has 7 heteroatoms. The number of piperazine rings is 1. The Morgan fingerprint density at radius 3 is 2.45 bits per heavy atom. The largest absolute Gasteiger partial charge is 0.495 e. The first-order valence-electron chi connectivity index (χ1n) is 9.84. The highest BCUT2D eigenvalue weighted by molar-refractivity contribution is 5.88. The summed E-state index contributed by atoms with van der Waals surface area (Å²) >= 11 is 0. The maximum atomic E-state index is 11.0. The molecular formula is C22H29N3O4. The van der Waals surface area contributed by atoms with Crippen molar-refractivity contribution in [2.45, 2.75) is 13.0 Å². The van der Waals surface area contributed by atoms with Crippen LogP contribution in [0.5, 0.6) is 11.5 Å². The van der Waals surface area contributed by atoms with Gasteiger partial charge in [0, 0.05) is 45.3 Å². The highest BCUT2D eigenvalue weighted by atomic mass is 16.5. The van der Waals surface area contributed by atoms with Crippen LogP contribution in [0.25, 0.3) is 0 Å². The predicted octanol–water partition coefficient (Wildman–Crippen LogP) is 2.22. The molecule has 1 fully saturated rings. The number of aliphatic hydroxyl groups is 1. The van der Waals surface area contributed by atoms with Gasteiger partial charge in [0.1, 0.15) is 24.2 Å². The van der Waals surface area contributed by atoms with Gasteiger partial charge in [0.25, 0.3) is 0 Å². The molecule has 7 nitrogen and oxygen atoms in total. The molecule has 1 aliphatic rings. The van der Waals surface area contributed by atoms with Crippen molar-refractivity contribution in [2.75, 3.05) is 56.7 Å². The molecule has 1 heterocycles. The molecule has 1 atom stereocenters. The molecule has 1 amide bonds. The molecule has 29 heavy (non-hydrogen) atoms. The summed E-state index contributed by atoms with van der Waals surface area (Å²) in [5, 5.41) is 13.1. The lowest BCUT2D eigenvalue weighted by molar-refractivity contribution is -0.114. The van der Waals surface area contributed by atoms with E-state index in [2.05, 4.69) is 21.2 Å². The standard InChI is InChI=1S/C22H29N3O4/c1-17(26)23-18-7-9-20(10-8-18)29-16-19(27)15-24-11-13-25(14-12-24)21-5-3-4-6-22(21)28-2/h3-10,19,27H,11-16H2,1-2H3,(H,23,26)/t19-/m1/s1. The number of aliphatic hydroxyl groups excluding tert-OH is 1. The Morgan fingerprint density at radius 2 is 1.79 bits per heavy atom. The number of benzene rings is 2. The lowest BCUT2D eigenvalue weighted by Gasteiger charge is -2.37. The number of hydrogen-bond acceptors (Lipinski definition) is 6. The summed E-state index contributed by atoms with van der Waals surface area (Å²) in [5.74, 6) is 1.44. The maximum Gasteiger partial charge on any atom is 0.221 e. The Bertz CT molecular complexity index is 789. The second-order valence-electron chi connectivity index (χ2n) is 7.13. The number of β-amino-alcohol motifs (C(OH)–C–C–N with tert-alkyl or cyclic N) is 1. The molecule has 0 spiro atoms. The van der Waals surface area contributed by atoms with Gasteiger partial charge in [0.05, 0.1) is 12.8 Å². The van der Waals surface area contributed by atoms with Crippen LogP contribution in [-0.2, 0) is 4.79 Å². The van der Waals surface area contributed by atoms with Crippen LogP contribution in [0.4, 0.5) is 11.4 Å². The second kappa shape index (κ2) is 10.1. The Kier molecular flexibility index (Phi) is 7.32. The number of nitrogens with zero attached hydrogens (tertiary/aromatic N) is 2. The van der Waals surface area contributed by atoms with E-state index in [-0.39, 0.29) is 12.5 Å². The highest BCUT2D eigenvalue weighted by Crippen LogP contribution is 2.28. The van der Waals surface area contributed by atoms with Crippen LogP contribution in [0, 0.1) is 0 Å². The molecule has 0 bridgehead atoms. The van der Waals surface area contributed by atoms with Gasteiger partial charge in [0.15, 0.2) is 0 Å². The summed E-state index contributed by atoms with van der Waals surface area (Å²) < 4.78 is 11.1. The van der Waals surface area contributed by atoms with E-state index in [1.165, 1.54) is 6.92 Å². The maximum absolute atomic E-state index is 11.0. The van der Waals surface area contributed by atoms with Gasteiger partial charge in [-0.2, -0.15) is 0 Å². The molecule has 0 saturated carbocycles. The first-order chi connectivity index (χ1) is 14.0. The number of carbonyl (C=O) groups is 1. The van der Waals surface area contributed by atoms with Crippen molar-refractivity contribution in [1.82, 2.24) is 4.90 Å². The minimum absolute atomic E-state index is 0.111. The SMILES string of the molecule is COc1ccccc1N1CCN(C[C@@H](O)COc2ccc(NC(C)=O)cc2)CC1. The summed E-state index contributed by atoms with van der Waals surface area (Å²) in [6.45, 7) is 5.80. The fourth-order valence-electron chi connectivity index (χ4n) is 3.44. The van der Waals surface area contributed by atoms with E-state index in [9.17, 15) is 9.90 Å². The van der Waals surface area contributed by atoms with Crippen molar-refractivity contribution < 1.29 is 19.4 Å². The van der Waals surface area contributed by atoms with E-state index in [4.69, 9.17) is 9.47 Å². The number of rotatable bonds is 8. The van der Waals surface area contributed by atoms with Crippen molar-refractivity contribution >= 4 is 17.3 Å². The molecule has 3 rings (SSSR count). The lowest BCUT2D eigenvalue weighted by Crippen LogP contribution is -2.49. The van der Waals surface area contributed by atoms with Crippen LogP contribution in [-0.4, -0.2) is 68.5 Å². The summed E-state index contributed by atoms with van der Waals surface area (Å²) in [7, 11) is 1.69. The van der Waals surface area contributed by atoms with E-state index in [0.29, 0.717) is 12.3 Å². The average Bonchev–Trinajstić information content (AvgIpc) is 2.73. The van der Waals surface area contributed by atoms with Crippen LogP contribution < -0.4 is 19.7 Å². The summed E-state index contributed by atoms with van der Waals surface area (Å²) in [6.07, 6.45) is -0.567. The molecule has 2 aromatic carbocycles. The van der Waals surface area contributed by atoms with Crippen LogP contribution in [0.15, 0.2) is 48.5 Å². The van der Waals surface area contributed by atoms with Crippen molar-refractivity contribution in [3.05, 3.63) is 48.5 Å². The normalized spacial score (nSPS) is 15.6. The zero-order valence-electron chi connectivity index (χ0n) is 17.0. The monoisotopic (exact) mass is 399 g/mol. The summed E-state index contributed by atoms with van der Waals surface area (Å²) in [6, 6.07) is 15.2. The second-order valence-corrected chi connectivity index (χ2v) is 7.13. The zero-order chi connectivity index (χ0) is 20.6. The smallest absolute Gasteiger partial charge is 0.221 e. The summed E-state index contributed by atoms with van der Waals surface area (Å²) in [5.41, 5.74) is 1.83. The van der Waals surface area contributed by atoms with Crippen molar-refractivity contribution in [3.63, 3.8) is 0 Å². The Labute approximate surface area is 171 Å². The number of amides is 1. The van der Waals surface area contributed by atoms with Gasteiger partial charge < -0.3 is 24.8 Å². The quantitative estimate of drug-likeness (QED) is 0.709. The van der Waals surface area contributed by atoms with Crippen LogP contribution >= 0.6 is 0 Å². The number of para-hydroxylation sites is 2. The third-order valence-corrected chi connectivity index (χ3v) is 4.88. The van der Waals surface area contributed by atoms with Crippen LogP contribution in [0.3, 0.4) is 0 Å². The van der Waals surface area contributed by atoms with Gasteiger partial charge in [-0.1, -0.05) is 12.1 Å². The van der Waals surface area contributed by atoms with Gasteiger partial charge in [-0.15, -0.1) is 0 Å². The third-order valence-electron chi connectivity index (χ3n) is 4.88. The van der Waals surface area contributed by atoms with E-state index in [1.807, 2.05) is 18.2 Å². The molecule has 2 aromatic rings. The molecule has 156 valence electrons. The molecule has 1 saturated heterocycles. The van der Waals surface area contributed by atoms with Crippen molar-refractivity contribution in [2.24, 2.45) is 0 Å². The number of carbonyl (C=O) groups excluding carboxylic acids is 1. The molecule has 1 aliphatic heterocycles. The number of nitrogens with one attached hydrogen (secondary N) is 1. The van der Waals surface area contributed by atoms with Gasteiger partial charge in [-0.3, -0.25) is 9.69 Å². The van der Waals surface area contributed by atoms with Crippen LogP contribution in [0.2, 0.25) is 0 Å². The molecule has 0 aliphatic carbocycles. The van der Waals surface area contributed by atoms with Gasteiger partial charge in [-0.05, 0) is 36.4 Å². The van der Waals surface area contributed by atoms with E-state index >= 15 is 0 Å². The first-order valence-corrected chi connectivity index (χ1v) is 9.84. The highest BCUT2D eigenvalue weighted by Gasteiger charge is 2.21. The molecule has 0 radical (unpaired) electrons. The van der Waals surface area contributed by atoms with E-state index in [1.54, 1.807) is 31.4 Å². The average molecular weight is 399 g/mol.